The summed E-state index contributed by atoms with van der Waals surface area (Å²) in [6.45, 7) is 9.56. The maximum atomic E-state index is 13.5. The number of halogens is 2. The predicted molar refractivity (Wildman–Crippen MR) is 152 cm³/mol. The Morgan fingerprint density at radius 1 is 1.03 bits per heavy atom. The zero-order valence-corrected chi connectivity index (χ0v) is 24.7. The molecule has 1 N–H and O–H groups in total. The molecule has 2 amide bonds. The van der Waals surface area contributed by atoms with Crippen LogP contribution in [-0.4, -0.2) is 50.0 Å². The van der Waals surface area contributed by atoms with Crippen molar-refractivity contribution < 1.29 is 18.0 Å². The fourth-order valence-electron chi connectivity index (χ4n) is 4.25. The number of amides is 2. The number of sulfonamides is 1. The zero-order chi connectivity index (χ0) is 27.9. The third-order valence-electron chi connectivity index (χ3n) is 5.85. The molecule has 37 heavy (non-hydrogen) atoms. The lowest BCUT2D eigenvalue weighted by molar-refractivity contribution is -0.141. The molecule has 0 radical (unpaired) electrons. The summed E-state index contributed by atoms with van der Waals surface area (Å²) in [6.07, 6.45) is 1.87. The smallest absolute Gasteiger partial charge is 0.243 e. The van der Waals surface area contributed by atoms with Crippen molar-refractivity contribution in [1.29, 1.82) is 0 Å². The van der Waals surface area contributed by atoms with Crippen molar-refractivity contribution in [2.45, 2.75) is 72.5 Å². The highest BCUT2D eigenvalue weighted by molar-refractivity contribution is 7.92. The lowest BCUT2D eigenvalue weighted by Gasteiger charge is -2.32. The number of hydrogen-bond acceptors (Lipinski definition) is 4. The summed E-state index contributed by atoms with van der Waals surface area (Å²) in [4.78, 5) is 28.0. The van der Waals surface area contributed by atoms with E-state index in [0.29, 0.717) is 27.7 Å². The monoisotopic (exact) mass is 569 g/mol. The van der Waals surface area contributed by atoms with Crippen molar-refractivity contribution in [3.05, 3.63) is 63.1 Å². The van der Waals surface area contributed by atoms with E-state index in [-0.39, 0.29) is 43.8 Å². The first-order chi connectivity index (χ1) is 17.2. The Labute approximate surface area is 231 Å². The highest BCUT2D eigenvalue weighted by atomic mass is 35.5. The van der Waals surface area contributed by atoms with Gasteiger partial charge in [-0.1, -0.05) is 42.3 Å². The summed E-state index contributed by atoms with van der Waals surface area (Å²) in [5.41, 5.74) is 3.02. The lowest BCUT2D eigenvalue weighted by Crippen LogP contribution is -2.50. The number of anilines is 1. The first-order valence-electron chi connectivity index (χ1n) is 12.3. The van der Waals surface area contributed by atoms with Crippen molar-refractivity contribution in [3.8, 4) is 0 Å². The molecule has 0 aliphatic carbocycles. The molecule has 2 aromatic rings. The van der Waals surface area contributed by atoms with Crippen LogP contribution in [-0.2, 0) is 26.2 Å². The minimum Gasteiger partial charge on any atom is -0.352 e. The van der Waals surface area contributed by atoms with Gasteiger partial charge in [-0.15, -0.1) is 0 Å². The van der Waals surface area contributed by atoms with Gasteiger partial charge in [0.15, 0.2) is 0 Å². The van der Waals surface area contributed by atoms with Crippen LogP contribution < -0.4 is 9.62 Å². The average Bonchev–Trinajstić information content (AvgIpc) is 2.76. The van der Waals surface area contributed by atoms with Gasteiger partial charge in [0, 0.05) is 41.2 Å². The lowest BCUT2D eigenvalue weighted by atomic mass is 10.1. The number of rotatable bonds is 12. The Kier molecular flexibility index (Phi) is 11.3. The van der Waals surface area contributed by atoms with Crippen LogP contribution >= 0.6 is 23.2 Å². The first kappa shape index (κ1) is 30.9. The van der Waals surface area contributed by atoms with Crippen LogP contribution in [0.15, 0.2) is 36.4 Å². The summed E-state index contributed by atoms with van der Waals surface area (Å²) in [7, 11) is -3.57. The molecule has 0 aliphatic rings. The summed E-state index contributed by atoms with van der Waals surface area (Å²) >= 11 is 12.8. The molecule has 2 rings (SSSR count). The number of benzene rings is 2. The van der Waals surface area contributed by atoms with Crippen LogP contribution in [0.5, 0.6) is 0 Å². The largest absolute Gasteiger partial charge is 0.352 e. The molecule has 0 saturated heterocycles. The predicted octanol–water partition coefficient (Wildman–Crippen LogP) is 5.49. The molecule has 0 heterocycles. The average molecular weight is 571 g/mol. The standard InChI is InChI=1S/C27H37Cl2N3O4S/c1-7-25(27(34)30-18(2)3)31(17-22-23(28)10-8-11-24(22)29)26(33)12-9-13-32(37(6,35)36)21-15-19(4)14-20(5)16-21/h8,10-11,14-16,18,25H,7,9,12-13,17H2,1-6H3,(H,30,34)/t25-/m0/s1. The molecule has 0 saturated carbocycles. The molecule has 0 spiro atoms. The quantitative estimate of drug-likeness (QED) is 0.366. The number of carbonyl (C=O) groups is 2. The Bertz CT molecular complexity index is 1180. The van der Waals surface area contributed by atoms with Gasteiger partial charge in [-0.3, -0.25) is 13.9 Å². The Balaban J connectivity index is 2.30. The third-order valence-corrected chi connectivity index (χ3v) is 7.76. The Morgan fingerprint density at radius 2 is 1.59 bits per heavy atom. The van der Waals surface area contributed by atoms with Gasteiger partial charge >= 0.3 is 0 Å². The molecule has 0 fully saturated rings. The minimum atomic E-state index is -3.57. The molecule has 0 aromatic heterocycles. The number of carbonyl (C=O) groups excluding carboxylic acids is 2. The highest BCUT2D eigenvalue weighted by Crippen LogP contribution is 2.28. The zero-order valence-electron chi connectivity index (χ0n) is 22.3. The van der Waals surface area contributed by atoms with Crippen LogP contribution in [0.4, 0.5) is 5.69 Å². The summed E-state index contributed by atoms with van der Waals surface area (Å²) < 4.78 is 26.5. The van der Waals surface area contributed by atoms with E-state index in [1.54, 1.807) is 18.2 Å². The Hall–Kier alpha value is -2.29. The third kappa shape index (κ3) is 8.90. The van der Waals surface area contributed by atoms with Crippen molar-refractivity contribution >= 4 is 50.7 Å². The maximum Gasteiger partial charge on any atom is 0.243 e. The SMILES string of the molecule is CC[C@@H](C(=O)NC(C)C)N(Cc1c(Cl)cccc1Cl)C(=O)CCCN(c1cc(C)cc(C)c1)S(C)(=O)=O. The van der Waals surface area contributed by atoms with Crippen molar-refractivity contribution in [3.63, 3.8) is 0 Å². The van der Waals surface area contributed by atoms with E-state index in [4.69, 9.17) is 23.2 Å². The maximum absolute atomic E-state index is 13.5. The molecule has 10 heteroatoms. The first-order valence-corrected chi connectivity index (χ1v) is 14.9. The topological polar surface area (TPSA) is 86.8 Å². The second-order valence-corrected chi connectivity index (χ2v) is 12.3. The van der Waals surface area contributed by atoms with Crippen LogP contribution in [0.2, 0.25) is 10.0 Å². The second kappa shape index (κ2) is 13.5. The Morgan fingerprint density at radius 3 is 2.08 bits per heavy atom. The molecular formula is C27H37Cl2N3O4S. The van der Waals surface area contributed by atoms with Gasteiger partial charge in [0.25, 0.3) is 0 Å². The van der Waals surface area contributed by atoms with Gasteiger partial charge in [-0.05, 0) is 75.9 Å². The fourth-order valence-corrected chi connectivity index (χ4v) is 5.72. The van der Waals surface area contributed by atoms with Gasteiger partial charge < -0.3 is 10.2 Å². The van der Waals surface area contributed by atoms with E-state index in [1.807, 2.05) is 52.8 Å². The number of nitrogens with zero attached hydrogens (tertiary/aromatic N) is 2. The number of aryl methyl sites for hydroxylation is 2. The molecule has 0 unspecified atom stereocenters. The van der Waals surface area contributed by atoms with Gasteiger partial charge in [0.05, 0.1) is 11.9 Å². The van der Waals surface area contributed by atoms with Gasteiger partial charge in [-0.25, -0.2) is 8.42 Å². The van der Waals surface area contributed by atoms with Gasteiger partial charge in [0.1, 0.15) is 6.04 Å². The molecule has 7 nitrogen and oxygen atoms in total. The van der Waals surface area contributed by atoms with Crippen LogP contribution in [0.3, 0.4) is 0 Å². The highest BCUT2D eigenvalue weighted by Gasteiger charge is 2.30. The van der Waals surface area contributed by atoms with Gasteiger partial charge in [0.2, 0.25) is 21.8 Å². The molecular weight excluding hydrogens is 533 g/mol. The summed E-state index contributed by atoms with van der Waals surface area (Å²) in [5, 5.41) is 3.69. The van der Waals surface area contributed by atoms with E-state index in [9.17, 15) is 18.0 Å². The van der Waals surface area contributed by atoms with Crippen LogP contribution in [0.1, 0.15) is 56.7 Å². The number of nitrogens with one attached hydrogen (secondary N) is 1. The van der Waals surface area contributed by atoms with Crippen molar-refractivity contribution in [2.24, 2.45) is 0 Å². The van der Waals surface area contributed by atoms with E-state index in [0.717, 1.165) is 17.4 Å². The molecule has 0 bridgehead atoms. The minimum absolute atomic E-state index is 0.0460. The van der Waals surface area contributed by atoms with Crippen LogP contribution in [0, 0.1) is 13.8 Å². The van der Waals surface area contributed by atoms with E-state index in [2.05, 4.69) is 5.32 Å². The van der Waals surface area contributed by atoms with E-state index < -0.39 is 16.1 Å². The number of hydrogen-bond donors (Lipinski definition) is 1. The van der Waals surface area contributed by atoms with E-state index in [1.165, 1.54) is 9.21 Å². The summed E-state index contributed by atoms with van der Waals surface area (Å²) in [5.74, 6) is -0.544. The normalized spacial score (nSPS) is 12.4. The van der Waals surface area contributed by atoms with Crippen molar-refractivity contribution in [1.82, 2.24) is 10.2 Å². The molecule has 2 aromatic carbocycles. The molecule has 204 valence electrons. The van der Waals surface area contributed by atoms with Gasteiger partial charge in [-0.2, -0.15) is 0 Å². The fraction of sp³-hybridized carbons (Fsp3) is 0.481. The van der Waals surface area contributed by atoms with Crippen molar-refractivity contribution in [2.75, 3.05) is 17.1 Å². The molecule has 0 aliphatic heterocycles. The summed E-state index contributed by atoms with van der Waals surface area (Å²) in [6, 6.07) is 9.86. The molecule has 1 atom stereocenters. The second-order valence-electron chi connectivity index (χ2n) is 9.59. The van der Waals surface area contributed by atoms with E-state index >= 15 is 0 Å². The van der Waals surface area contributed by atoms with Crippen LogP contribution in [0.25, 0.3) is 0 Å².